The second-order valence-corrected chi connectivity index (χ2v) is 8.80. The number of ether oxygens (including phenoxy) is 3. The maximum absolute atomic E-state index is 14.2. The summed E-state index contributed by atoms with van der Waals surface area (Å²) in [7, 11) is 1.59. The summed E-state index contributed by atoms with van der Waals surface area (Å²) in [5.74, 6) is -2.82. The van der Waals surface area contributed by atoms with Crippen LogP contribution in [-0.2, 0) is 23.9 Å². The van der Waals surface area contributed by atoms with Crippen molar-refractivity contribution in [2.24, 2.45) is 5.92 Å². The van der Waals surface area contributed by atoms with Crippen molar-refractivity contribution in [3.8, 4) is 5.75 Å². The molecular weight excluding hydrogens is 458 g/mol. The number of allylic oxidation sites excluding steroid dienone is 3. The Bertz CT molecular complexity index is 1210. The number of carbonyl (C=O) groups excluding carboxylic acids is 3. The summed E-state index contributed by atoms with van der Waals surface area (Å²) < 4.78 is 16.0. The third-order valence-corrected chi connectivity index (χ3v) is 6.73. The van der Waals surface area contributed by atoms with Crippen LogP contribution in [0, 0.1) is 5.92 Å². The van der Waals surface area contributed by atoms with Crippen LogP contribution >= 0.6 is 0 Å². The molecule has 0 saturated heterocycles. The monoisotopic (exact) mass is 489 g/mol. The number of hydrogen-bond donors (Lipinski definition) is 1. The fourth-order valence-electron chi connectivity index (χ4n) is 5.16. The lowest BCUT2D eigenvalue weighted by Crippen LogP contribution is -2.43. The smallest absolute Gasteiger partial charge is 0.336 e. The molecule has 36 heavy (non-hydrogen) atoms. The number of Topliss-reactive ketones (excluding diaryl/α,β-unsaturated/α-hetero) is 1. The van der Waals surface area contributed by atoms with Crippen molar-refractivity contribution in [3.63, 3.8) is 0 Å². The second-order valence-electron chi connectivity index (χ2n) is 8.80. The van der Waals surface area contributed by atoms with Crippen molar-refractivity contribution >= 4 is 17.7 Å². The molecule has 1 aliphatic carbocycles. The van der Waals surface area contributed by atoms with Crippen molar-refractivity contribution in [1.82, 2.24) is 5.32 Å². The molecule has 2 aromatic carbocycles. The highest BCUT2D eigenvalue weighted by Crippen LogP contribution is 2.48. The maximum Gasteiger partial charge on any atom is 0.336 e. The summed E-state index contributed by atoms with van der Waals surface area (Å²) in [4.78, 5) is 40.5. The number of nitrogens with one attached hydrogen (secondary N) is 1. The number of ketones is 1. The Morgan fingerprint density at radius 1 is 0.944 bits per heavy atom. The molecule has 1 aliphatic heterocycles. The molecule has 0 radical (unpaired) electrons. The molecule has 7 heteroatoms. The average molecular weight is 490 g/mol. The van der Waals surface area contributed by atoms with Gasteiger partial charge in [-0.05, 0) is 50.5 Å². The van der Waals surface area contributed by atoms with E-state index in [4.69, 9.17) is 14.2 Å². The Balaban J connectivity index is 1.87. The Hall–Kier alpha value is -3.87. The van der Waals surface area contributed by atoms with Gasteiger partial charge < -0.3 is 19.5 Å². The Labute approximate surface area is 211 Å². The predicted molar refractivity (Wildman–Crippen MR) is 134 cm³/mol. The summed E-state index contributed by atoms with van der Waals surface area (Å²) >= 11 is 0. The summed E-state index contributed by atoms with van der Waals surface area (Å²) in [6.45, 7) is 5.65. The predicted octanol–water partition coefficient (Wildman–Crippen LogP) is 4.41. The number of rotatable bonds is 7. The number of esters is 2. The van der Waals surface area contributed by atoms with Crippen LogP contribution in [0.5, 0.6) is 5.75 Å². The zero-order valence-corrected chi connectivity index (χ0v) is 21.0. The summed E-state index contributed by atoms with van der Waals surface area (Å²) in [6.07, 6.45) is 0.410. The molecule has 0 spiro atoms. The lowest BCUT2D eigenvalue weighted by molar-refractivity contribution is -0.152. The number of hydrogen-bond acceptors (Lipinski definition) is 7. The number of carbonyl (C=O) groups is 3. The lowest BCUT2D eigenvalue weighted by atomic mass is 9.67. The number of methoxy groups -OCH3 is 1. The highest BCUT2D eigenvalue weighted by atomic mass is 16.5. The van der Waals surface area contributed by atoms with Gasteiger partial charge in [0.25, 0.3) is 0 Å². The van der Waals surface area contributed by atoms with E-state index in [0.29, 0.717) is 34.7 Å². The van der Waals surface area contributed by atoms with E-state index in [1.165, 1.54) is 0 Å². The maximum atomic E-state index is 14.2. The second kappa shape index (κ2) is 10.8. The topological polar surface area (TPSA) is 90.9 Å². The molecule has 1 heterocycles. The van der Waals surface area contributed by atoms with E-state index >= 15 is 0 Å². The first-order chi connectivity index (χ1) is 17.4. The molecule has 7 nitrogen and oxygen atoms in total. The molecule has 2 aliphatic rings. The van der Waals surface area contributed by atoms with Gasteiger partial charge in [-0.1, -0.05) is 42.5 Å². The molecular formula is C29H31NO6. The van der Waals surface area contributed by atoms with Crippen molar-refractivity contribution in [2.75, 3.05) is 20.3 Å². The average Bonchev–Trinajstić information content (AvgIpc) is 2.88. The zero-order chi connectivity index (χ0) is 25.8. The molecule has 0 saturated carbocycles. The largest absolute Gasteiger partial charge is 0.497 e. The van der Waals surface area contributed by atoms with Crippen LogP contribution in [0.3, 0.4) is 0 Å². The first-order valence-corrected chi connectivity index (χ1v) is 12.2. The number of dihydropyridines is 1. The quantitative estimate of drug-likeness (QED) is 0.455. The molecule has 0 fully saturated rings. The third-order valence-electron chi connectivity index (χ3n) is 6.73. The summed E-state index contributed by atoms with van der Waals surface area (Å²) in [6, 6.07) is 16.8. The molecule has 1 N–H and O–H groups in total. The minimum Gasteiger partial charge on any atom is -0.497 e. The SMILES string of the molecule is CCOC(=O)C1=C(C)NC2=C(C(=O)[C@H](C(=O)OCC)[C@H](c3ccc(OC)cc3)C2)[C@H]1c1ccccc1. The van der Waals surface area contributed by atoms with Crippen molar-refractivity contribution in [2.45, 2.75) is 39.0 Å². The minimum atomic E-state index is -1.04. The van der Waals surface area contributed by atoms with E-state index in [0.717, 1.165) is 11.1 Å². The van der Waals surface area contributed by atoms with Crippen molar-refractivity contribution in [1.29, 1.82) is 0 Å². The van der Waals surface area contributed by atoms with Gasteiger partial charge in [-0.2, -0.15) is 0 Å². The van der Waals surface area contributed by atoms with Gasteiger partial charge in [0.1, 0.15) is 11.7 Å². The highest BCUT2D eigenvalue weighted by molar-refractivity contribution is 6.13. The molecule has 0 amide bonds. The van der Waals surface area contributed by atoms with Crippen LogP contribution in [0.4, 0.5) is 0 Å². The highest BCUT2D eigenvalue weighted by Gasteiger charge is 2.49. The molecule has 3 atom stereocenters. The molecule has 0 aromatic heterocycles. The van der Waals surface area contributed by atoms with Crippen LogP contribution in [-0.4, -0.2) is 38.0 Å². The van der Waals surface area contributed by atoms with Crippen LogP contribution in [0.25, 0.3) is 0 Å². The van der Waals surface area contributed by atoms with Crippen LogP contribution < -0.4 is 10.1 Å². The molecule has 2 aromatic rings. The van der Waals surface area contributed by atoms with Gasteiger partial charge in [-0.3, -0.25) is 9.59 Å². The summed E-state index contributed by atoms with van der Waals surface area (Å²) in [5, 5.41) is 3.31. The Morgan fingerprint density at radius 2 is 1.61 bits per heavy atom. The Kier molecular flexibility index (Phi) is 7.58. The van der Waals surface area contributed by atoms with Crippen molar-refractivity contribution < 1.29 is 28.6 Å². The normalized spacial score (nSPS) is 21.4. The van der Waals surface area contributed by atoms with Gasteiger partial charge in [0.05, 0.1) is 25.9 Å². The number of benzene rings is 2. The van der Waals surface area contributed by atoms with E-state index in [1.54, 1.807) is 21.0 Å². The molecule has 188 valence electrons. The fourth-order valence-corrected chi connectivity index (χ4v) is 5.16. The van der Waals surface area contributed by atoms with E-state index < -0.39 is 29.7 Å². The molecule has 0 bridgehead atoms. The Morgan fingerprint density at radius 3 is 2.22 bits per heavy atom. The van der Waals surface area contributed by atoms with E-state index in [-0.39, 0.29) is 19.0 Å². The standard InChI is InChI=1S/C29H31NO6/c1-5-35-28(32)23-17(3)30-22-16-21(18-12-14-20(34-4)15-13-18)25(29(33)36-6-2)27(31)26(22)24(23)19-10-8-7-9-11-19/h7-15,21,24-25,30H,5-6,16H2,1-4H3/t21-,24-,25+/m0/s1. The van der Waals surface area contributed by atoms with Crippen molar-refractivity contribution in [3.05, 3.63) is 88.3 Å². The molecule has 4 rings (SSSR count). The van der Waals surface area contributed by atoms with Crippen LogP contribution in [0.2, 0.25) is 0 Å². The van der Waals surface area contributed by atoms with Gasteiger partial charge in [0, 0.05) is 28.8 Å². The van der Waals surface area contributed by atoms with E-state index in [9.17, 15) is 14.4 Å². The van der Waals surface area contributed by atoms with Gasteiger partial charge in [-0.25, -0.2) is 4.79 Å². The van der Waals surface area contributed by atoms with E-state index in [2.05, 4.69) is 5.32 Å². The van der Waals surface area contributed by atoms with E-state index in [1.807, 2.05) is 61.5 Å². The third kappa shape index (κ3) is 4.65. The molecule has 0 unspecified atom stereocenters. The van der Waals surface area contributed by atoms with Crippen LogP contribution in [0.1, 0.15) is 50.2 Å². The van der Waals surface area contributed by atoms with Gasteiger partial charge in [0.15, 0.2) is 5.78 Å². The zero-order valence-electron chi connectivity index (χ0n) is 21.0. The van der Waals surface area contributed by atoms with Gasteiger partial charge in [-0.15, -0.1) is 0 Å². The summed E-state index contributed by atoms with van der Waals surface area (Å²) in [5.41, 5.74) is 3.76. The fraction of sp³-hybridized carbons (Fsp3) is 0.345. The lowest BCUT2D eigenvalue weighted by Gasteiger charge is -2.39. The first kappa shape index (κ1) is 25.2. The van der Waals surface area contributed by atoms with Crippen LogP contribution in [0.15, 0.2) is 77.1 Å². The minimum absolute atomic E-state index is 0.164. The van der Waals surface area contributed by atoms with Gasteiger partial charge >= 0.3 is 11.9 Å². The first-order valence-electron chi connectivity index (χ1n) is 12.2. The van der Waals surface area contributed by atoms with Gasteiger partial charge in [0.2, 0.25) is 0 Å².